The first-order valence-electron chi connectivity index (χ1n) is 5.91. The van der Waals surface area contributed by atoms with E-state index >= 15 is 0 Å². The first-order chi connectivity index (χ1) is 9.97. The van der Waals surface area contributed by atoms with E-state index in [-0.39, 0.29) is 22.6 Å². The maximum atomic E-state index is 12.5. The molecule has 3 rings (SSSR count). The molecule has 7 heteroatoms. The highest BCUT2D eigenvalue weighted by Crippen LogP contribution is 2.31. The Morgan fingerprint density at radius 2 is 1.67 bits per heavy atom. The van der Waals surface area contributed by atoms with Gasteiger partial charge in [0.05, 0.1) is 11.1 Å². The summed E-state index contributed by atoms with van der Waals surface area (Å²) < 4.78 is 1.40. The summed E-state index contributed by atoms with van der Waals surface area (Å²) in [5.41, 5.74) is -0.0933. The van der Waals surface area contributed by atoms with Crippen LogP contribution in [0.15, 0.2) is 45.8 Å². The second-order valence-electron chi connectivity index (χ2n) is 4.41. The second kappa shape index (κ2) is 4.78. The topological polar surface area (TPSA) is 95.6 Å². The van der Waals surface area contributed by atoms with E-state index in [1.807, 2.05) is 0 Å². The fourth-order valence-electron chi connectivity index (χ4n) is 2.06. The Balaban J connectivity index is 2.39. The van der Waals surface area contributed by atoms with Crippen molar-refractivity contribution in [2.24, 2.45) is 0 Å². The molecule has 0 spiro atoms. The smallest absolute Gasteiger partial charge is 0.283 e. The molecule has 0 aliphatic heterocycles. The van der Waals surface area contributed by atoms with E-state index in [1.54, 1.807) is 0 Å². The lowest BCUT2D eigenvalue weighted by molar-refractivity contribution is 0.454. The number of fused-ring (bicyclic) bond motifs is 1. The number of hydrogen-bond donors (Lipinski definition) is 3. The average molecular weight is 349 g/mol. The molecule has 0 saturated heterocycles. The number of aromatic hydroxyl groups is 3. The summed E-state index contributed by atoms with van der Waals surface area (Å²) in [6.07, 6.45) is 0. The molecule has 0 aliphatic rings. The van der Waals surface area contributed by atoms with Crippen molar-refractivity contribution in [2.45, 2.75) is 0 Å². The van der Waals surface area contributed by atoms with Crippen molar-refractivity contribution in [2.75, 3.05) is 0 Å². The Hall–Kier alpha value is -2.54. The molecule has 2 aromatic carbocycles. The van der Waals surface area contributed by atoms with Crippen LogP contribution in [0.4, 0.5) is 0 Å². The predicted molar refractivity (Wildman–Crippen MR) is 80.0 cm³/mol. The molecular formula is C14H9BrN2O4. The summed E-state index contributed by atoms with van der Waals surface area (Å²) in [6, 6.07) is 8.35. The molecule has 6 nitrogen and oxygen atoms in total. The zero-order valence-corrected chi connectivity index (χ0v) is 12.1. The summed E-state index contributed by atoms with van der Waals surface area (Å²) in [6.45, 7) is 0. The second-order valence-corrected chi connectivity index (χ2v) is 5.16. The van der Waals surface area contributed by atoms with Crippen molar-refractivity contribution in [3.8, 4) is 22.9 Å². The van der Waals surface area contributed by atoms with Crippen LogP contribution in [0.1, 0.15) is 0 Å². The number of halogens is 1. The fourth-order valence-corrected chi connectivity index (χ4v) is 2.53. The van der Waals surface area contributed by atoms with E-state index in [0.29, 0.717) is 15.7 Å². The number of hydrogen-bond acceptors (Lipinski definition) is 5. The van der Waals surface area contributed by atoms with Crippen molar-refractivity contribution < 1.29 is 15.3 Å². The van der Waals surface area contributed by atoms with Gasteiger partial charge in [0.25, 0.3) is 5.56 Å². The average Bonchev–Trinajstić information content (AvgIpc) is 2.43. The first kappa shape index (κ1) is 13.4. The zero-order valence-electron chi connectivity index (χ0n) is 10.5. The van der Waals surface area contributed by atoms with Crippen LogP contribution >= 0.6 is 15.9 Å². The van der Waals surface area contributed by atoms with Crippen LogP contribution in [0.5, 0.6) is 17.2 Å². The van der Waals surface area contributed by atoms with Crippen molar-refractivity contribution in [3.05, 3.63) is 51.4 Å². The van der Waals surface area contributed by atoms with Gasteiger partial charge in [0.2, 0.25) is 0 Å². The van der Waals surface area contributed by atoms with E-state index in [4.69, 9.17) is 0 Å². The molecular weight excluding hydrogens is 340 g/mol. The highest BCUT2D eigenvalue weighted by atomic mass is 79.9. The van der Waals surface area contributed by atoms with E-state index in [9.17, 15) is 20.1 Å². The standard InChI is InChI=1S/C14H9BrN2O4/c15-13-10-5-9(19)6-11(20)12(10)14(21)17(16-13)7-1-3-8(18)4-2-7/h1-6,18-20H. The van der Waals surface area contributed by atoms with E-state index in [1.165, 1.54) is 30.3 Å². The van der Waals surface area contributed by atoms with Crippen molar-refractivity contribution >= 4 is 26.7 Å². The fraction of sp³-hybridized carbons (Fsp3) is 0. The van der Waals surface area contributed by atoms with E-state index < -0.39 is 5.56 Å². The molecule has 0 radical (unpaired) electrons. The maximum Gasteiger partial charge on any atom is 0.283 e. The number of phenolic OH excluding ortho intramolecular Hbond substituents is 3. The van der Waals surface area contributed by atoms with Gasteiger partial charge >= 0.3 is 0 Å². The Morgan fingerprint density at radius 1 is 1.00 bits per heavy atom. The lowest BCUT2D eigenvalue weighted by Gasteiger charge is -2.09. The minimum Gasteiger partial charge on any atom is -0.508 e. The number of nitrogens with zero attached hydrogens (tertiary/aromatic N) is 2. The van der Waals surface area contributed by atoms with E-state index in [0.717, 1.165) is 10.7 Å². The maximum absolute atomic E-state index is 12.5. The van der Waals surface area contributed by atoms with Crippen molar-refractivity contribution in [1.82, 2.24) is 9.78 Å². The van der Waals surface area contributed by atoms with Crippen LogP contribution in [0.2, 0.25) is 0 Å². The summed E-state index contributed by atoms with van der Waals surface area (Å²) in [4.78, 5) is 12.5. The summed E-state index contributed by atoms with van der Waals surface area (Å²) in [5, 5.41) is 33.2. The first-order valence-corrected chi connectivity index (χ1v) is 6.70. The highest BCUT2D eigenvalue weighted by Gasteiger charge is 2.15. The predicted octanol–water partition coefficient (Wildman–Crippen LogP) is 2.26. The number of rotatable bonds is 1. The van der Waals surface area contributed by atoms with Gasteiger partial charge < -0.3 is 15.3 Å². The molecule has 3 N–H and O–H groups in total. The largest absolute Gasteiger partial charge is 0.508 e. The molecule has 106 valence electrons. The molecule has 21 heavy (non-hydrogen) atoms. The van der Waals surface area contributed by atoms with Gasteiger partial charge in [-0.05, 0) is 46.3 Å². The van der Waals surface area contributed by atoms with Gasteiger partial charge in [-0.1, -0.05) is 0 Å². The van der Waals surface area contributed by atoms with Gasteiger partial charge in [-0.2, -0.15) is 9.78 Å². The Labute approximate surface area is 126 Å². The Kier molecular flexibility index (Phi) is 3.06. The third-order valence-electron chi connectivity index (χ3n) is 3.01. The molecule has 0 bridgehead atoms. The normalized spacial score (nSPS) is 10.9. The molecule has 1 heterocycles. The van der Waals surface area contributed by atoms with Gasteiger partial charge in [0.15, 0.2) is 0 Å². The SMILES string of the molecule is O=c1c2c(O)cc(O)cc2c(Br)nn1-c1ccc(O)cc1. The number of benzene rings is 2. The van der Waals surface area contributed by atoms with E-state index in [2.05, 4.69) is 21.0 Å². The Morgan fingerprint density at radius 3 is 2.33 bits per heavy atom. The Bertz CT molecular complexity index is 903. The minimum atomic E-state index is -0.531. The molecule has 0 fully saturated rings. The van der Waals surface area contributed by atoms with Gasteiger partial charge in [-0.3, -0.25) is 4.79 Å². The van der Waals surface area contributed by atoms with Crippen LogP contribution in [-0.2, 0) is 0 Å². The van der Waals surface area contributed by atoms with Crippen molar-refractivity contribution in [3.63, 3.8) is 0 Å². The molecule has 0 aliphatic carbocycles. The summed E-state index contributed by atoms with van der Waals surface area (Å²) >= 11 is 3.22. The zero-order chi connectivity index (χ0) is 15.1. The van der Waals surface area contributed by atoms with Crippen LogP contribution in [-0.4, -0.2) is 25.1 Å². The van der Waals surface area contributed by atoms with Crippen LogP contribution in [0.25, 0.3) is 16.5 Å². The molecule has 3 aromatic rings. The van der Waals surface area contributed by atoms with Gasteiger partial charge in [-0.15, -0.1) is 0 Å². The molecule has 0 unspecified atom stereocenters. The summed E-state index contributed by atoms with van der Waals surface area (Å²) in [7, 11) is 0. The quantitative estimate of drug-likeness (QED) is 0.626. The highest BCUT2D eigenvalue weighted by molar-refractivity contribution is 9.10. The lowest BCUT2D eigenvalue weighted by Crippen LogP contribution is -2.21. The van der Waals surface area contributed by atoms with Gasteiger partial charge in [0, 0.05) is 11.5 Å². The monoisotopic (exact) mass is 348 g/mol. The molecule has 0 saturated carbocycles. The molecule has 1 aromatic heterocycles. The van der Waals surface area contributed by atoms with Gasteiger partial charge in [-0.25, -0.2) is 0 Å². The minimum absolute atomic E-state index is 0.0442. The lowest BCUT2D eigenvalue weighted by atomic mass is 10.1. The molecule has 0 amide bonds. The van der Waals surface area contributed by atoms with Crippen LogP contribution in [0, 0.1) is 0 Å². The van der Waals surface area contributed by atoms with Crippen molar-refractivity contribution in [1.29, 1.82) is 0 Å². The third-order valence-corrected chi connectivity index (χ3v) is 3.60. The molecule has 0 atom stereocenters. The van der Waals surface area contributed by atoms with Crippen LogP contribution < -0.4 is 5.56 Å². The third kappa shape index (κ3) is 2.21. The summed E-state index contributed by atoms with van der Waals surface area (Å²) in [5.74, 6) is -0.422. The number of phenols is 3. The van der Waals surface area contributed by atoms with Gasteiger partial charge in [0.1, 0.15) is 21.9 Å². The number of aromatic nitrogens is 2. The van der Waals surface area contributed by atoms with Crippen LogP contribution in [0.3, 0.4) is 0 Å².